The lowest BCUT2D eigenvalue weighted by Crippen LogP contribution is -2.51. The lowest BCUT2D eigenvalue weighted by molar-refractivity contribution is 0.140. The van der Waals surface area contributed by atoms with Crippen molar-refractivity contribution in [1.29, 1.82) is 0 Å². The first-order valence-corrected chi connectivity index (χ1v) is 8.57. The zero-order valence-corrected chi connectivity index (χ0v) is 16.5. The minimum atomic E-state index is 0. The summed E-state index contributed by atoms with van der Waals surface area (Å²) >= 11 is 0. The average molecular weight is 428 g/mol. The number of nitrogens with one attached hydrogen (secondary N) is 2. The van der Waals surface area contributed by atoms with E-state index >= 15 is 0 Å². The molecule has 0 spiro atoms. The predicted molar refractivity (Wildman–Crippen MR) is 108 cm³/mol. The van der Waals surface area contributed by atoms with Crippen molar-refractivity contribution in [2.24, 2.45) is 10.9 Å². The molecule has 0 bridgehead atoms. The second-order valence-electron chi connectivity index (χ2n) is 6.69. The van der Waals surface area contributed by atoms with E-state index in [9.17, 15) is 0 Å². The molecule has 3 rings (SSSR count). The van der Waals surface area contributed by atoms with Crippen LogP contribution in [0.25, 0.3) is 0 Å². The fourth-order valence-corrected chi connectivity index (χ4v) is 3.44. The molecule has 0 radical (unpaired) electrons. The highest BCUT2D eigenvalue weighted by Gasteiger charge is 2.25. The van der Waals surface area contributed by atoms with Crippen molar-refractivity contribution >= 4 is 29.9 Å². The van der Waals surface area contributed by atoms with E-state index in [1.54, 1.807) is 0 Å². The van der Waals surface area contributed by atoms with Crippen LogP contribution in [0.3, 0.4) is 0 Å². The van der Waals surface area contributed by atoms with Gasteiger partial charge in [0, 0.05) is 38.8 Å². The Labute approximate surface area is 157 Å². The summed E-state index contributed by atoms with van der Waals surface area (Å²) in [6.45, 7) is 9.81. The molecular formula is C18H29IN4. The normalized spacial score (nSPS) is 19.2. The molecule has 2 aliphatic rings. The number of halogens is 1. The van der Waals surface area contributed by atoms with Gasteiger partial charge in [0.15, 0.2) is 5.96 Å². The first-order valence-electron chi connectivity index (χ1n) is 8.57. The standard InChI is InChI=1S/C18H28N4.HI/c1-14(2)17(12-21-18-19-9-5-10-20-18)22-11-8-15-6-3-4-7-16(15)13-22;/h3-4,6-7,14,17H,5,8-13H2,1-2H3,(H2,19,20,21);1H. The van der Waals surface area contributed by atoms with Crippen LogP contribution in [0.5, 0.6) is 0 Å². The van der Waals surface area contributed by atoms with Crippen molar-refractivity contribution in [3.63, 3.8) is 0 Å². The first kappa shape index (κ1) is 18.5. The Kier molecular flexibility index (Phi) is 7.14. The Morgan fingerprint density at radius 2 is 2.04 bits per heavy atom. The van der Waals surface area contributed by atoms with E-state index in [1.165, 1.54) is 17.5 Å². The van der Waals surface area contributed by atoms with E-state index in [2.05, 4.69) is 58.6 Å². The summed E-state index contributed by atoms with van der Waals surface area (Å²) in [4.78, 5) is 7.15. The molecule has 0 saturated heterocycles. The van der Waals surface area contributed by atoms with Gasteiger partial charge in [0.25, 0.3) is 0 Å². The van der Waals surface area contributed by atoms with E-state index in [0.29, 0.717) is 12.0 Å². The summed E-state index contributed by atoms with van der Waals surface area (Å²) in [5, 5.41) is 6.87. The third kappa shape index (κ3) is 4.83. The van der Waals surface area contributed by atoms with Gasteiger partial charge in [-0.3, -0.25) is 9.89 Å². The van der Waals surface area contributed by atoms with Gasteiger partial charge in [-0.15, -0.1) is 24.0 Å². The Bertz CT molecular complexity index is 530. The quantitative estimate of drug-likeness (QED) is 0.725. The molecular weight excluding hydrogens is 399 g/mol. The Morgan fingerprint density at radius 1 is 1.26 bits per heavy atom. The molecule has 1 unspecified atom stereocenters. The molecule has 1 aromatic rings. The Morgan fingerprint density at radius 3 is 2.74 bits per heavy atom. The highest BCUT2D eigenvalue weighted by molar-refractivity contribution is 14.0. The van der Waals surface area contributed by atoms with Gasteiger partial charge in [0.2, 0.25) is 0 Å². The van der Waals surface area contributed by atoms with Crippen LogP contribution >= 0.6 is 24.0 Å². The highest BCUT2D eigenvalue weighted by atomic mass is 127. The van der Waals surface area contributed by atoms with Crippen LogP contribution in [-0.2, 0) is 13.0 Å². The van der Waals surface area contributed by atoms with Crippen LogP contribution in [0.4, 0.5) is 0 Å². The van der Waals surface area contributed by atoms with Crippen molar-refractivity contribution in [2.45, 2.75) is 39.3 Å². The van der Waals surface area contributed by atoms with Crippen molar-refractivity contribution in [2.75, 3.05) is 26.2 Å². The van der Waals surface area contributed by atoms with Crippen molar-refractivity contribution in [1.82, 2.24) is 15.5 Å². The van der Waals surface area contributed by atoms with Crippen LogP contribution in [0, 0.1) is 5.92 Å². The summed E-state index contributed by atoms with van der Waals surface area (Å²) in [6.07, 6.45) is 2.31. The molecule has 2 heterocycles. The van der Waals surface area contributed by atoms with Gasteiger partial charge < -0.3 is 10.6 Å². The molecule has 1 aromatic carbocycles. The fraction of sp³-hybridized carbons (Fsp3) is 0.611. The van der Waals surface area contributed by atoms with Crippen LogP contribution in [-0.4, -0.2) is 43.1 Å². The maximum Gasteiger partial charge on any atom is 0.191 e. The lowest BCUT2D eigenvalue weighted by atomic mass is 9.95. The van der Waals surface area contributed by atoms with Crippen molar-refractivity contribution in [3.05, 3.63) is 35.4 Å². The van der Waals surface area contributed by atoms with Gasteiger partial charge >= 0.3 is 0 Å². The smallest absolute Gasteiger partial charge is 0.191 e. The molecule has 0 fully saturated rings. The molecule has 5 heteroatoms. The van der Waals surface area contributed by atoms with E-state index in [0.717, 1.165) is 45.1 Å². The topological polar surface area (TPSA) is 39.7 Å². The monoisotopic (exact) mass is 428 g/mol. The van der Waals surface area contributed by atoms with E-state index in [1.807, 2.05) is 0 Å². The molecule has 0 amide bonds. The SMILES string of the molecule is CC(C)C(CNC1=NCCCN1)N1CCc2ccccc2C1.I. The van der Waals surface area contributed by atoms with Crippen molar-refractivity contribution in [3.8, 4) is 0 Å². The summed E-state index contributed by atoms with van der Waals surface area (Å²) < 4.78 is 0. The van der Waals surface area contributed by atoms with Crippen molar-refractivity contribution < 1.29 is 0 Å². The molecule has 0 saturated carbocycles. The number of rotatable bonds is 4. The van der Waals surface area contributed by atoms with Gasteiger partial charge in [0.1, 0.15) is 0 Å². The zero-order chi connectivity index (χ0) is 15.4. The second kappa shape index (κ2) is 8.87. The number of benzene rings is 1. The predicted octanol–water partition coefficient (Wildman–Crippen LogP) is 2.63. The Balaban J connectivity index is 0.00000192. The Hall–Kier alpha value is -0.820. The minimum Gasteiger partial charge on any atom is -0.356 e. The van der Waals surface area contributed by atoms with Crippen LogP contribution in [0.15, 0.2) is 29.3 Å². The maximum atomic E-state index is 4.52. The maximum absolute atomic E-state index is 4.52. The molecule has 128 valence electrons. The van der Waals surface area contributed by atoms with Crippen LogP contribution < -0.4 is 10.6 Å². The van der Waals surface area contributed by atoms with Gasteiger partial charge in [-0.05, 0) is 29.9 Å². The number of aliphatic imine (C=N–C) groups is 1. The highest BCUT2D eigenvalue weighted by Crippen LogP contribution is 2.22. The summed E-state index contributed by atoms with van der Waals surface area (Å²) in [6, 6.07) is 9.41. The van der Waals surface area contributed by atoms with Crippen LogP contribution in [0.1, 0.15) is 31.4 Å². The molecule has 2 N–H and O–H groups in total. The molecule has 4 nitrogen and oxygen atoms in total. The van der Waals surface area contributed by atoms with E-state index in [-0.39, 0.29) is 24.0 Å². The third-order valence-electron chi connectivity index (χ3n) is 4.77. The van der Waals surface area contributed by atoms with Crippen LogP contribution in [0.2, 0.25) is 0 Å². The minimum absolute atomic E-state index is 0. The van der Waals surface area contributed by atoms with E-state index < -0.39 is 0 Å². The van der Waals surface area contributed by atoms with Gasteiger partial charge in [0.05, 0.1) is 0 Å². The largest absolute Gasteiger partial charge is 0.356 e. The number of hydrogen-bond donors (Lipinski definition) is 2. The number of fused-ring (bicyclic) bond motifs is 1. The van der Waals surface area contributed by atoms with Gasteiger partial charge in [-0.1, -0.05) is 38.1 Å². The average Bonchev–Trinajstić information content (AvgIpc) is 2.55. The van der Waals surface area contributed by atoms with Gasteiger partial charge in [-0.2, -0.15) is 0 Å². The lowest BCUT2D eigenvalue weighted by Gasteiger charge is -2.38. The molecule has 0 aromatic heterocycles. The molecule has 1 atom stereocenters. The number of guanidine groups is 1. The van der Waals surface area contributed by atoms with Gasteiger partial charge in [-0.25, -0.2) is 0 Å². The first-order chi connectivity index (χ1) is 10.7. The summed E-state index contributed by atoms with van der Waals surface area (Å²) in [7, 11) is 0. The summed E-state index contributed by atoms with van der Waals surface area (Å²) in [5.74, 6) is 1.61. The zero-order valence-electron chi connectivity index (χ0n) is 14.2. The third-order valence-corrected chi connectivity index (χ3v) is 4.77. The fourth-order valence-electron chi connectivity index (χ4n) is 3.44. The second-order valence-corrected chi connectivity index (χ2v) is 6.69. The number of nitrogens with zero attached hydrogens (tertiary/aromatic N) is 2. The molecule has 23 heavy (non-hydrogen) atoms. The molecule has 2 aliphatic heterocycles. The number of hydrogen-bond acceptors (Lipinski definition) is 4. The molecule has 0 aliphatic carbocycles. The summed E-state index contributed by atoms with van der Waals surface area (Å²) in [5.41, 5.74) is 3.01. The van der Waals surface area contributed by atoms with E-state index in [4.69, 9.17) is 0 Å².